The van der Waals surface area contributed by atoms with E-state index in [0.717, 1.165) is 15.7 Å². The van der Waals surface area contributed by atoms with Crippen LogP contribution in [0.25, 0.3) is 0 Å². The summed E-state index contributed by atoms with van der Waals surface area (Å²) in [5.41, 5.74) is 7.33. The van der Waals surface area contributed by atoms with Crippen LogP contribution in [0.4, 0.5) is 15.8 Å². The van der Waals surface area contributed by atoms with Gasteiger partial charge in [-0.1, -0.05) is 6.07 Å². The highest BCUT2D eigenvalue weighted by molar-refractivity contribution is 9.10. The smallest absolute Gasteiger partial charge is 0.234 e. The van der Waals surface area contributed by atoms with Crippen LogP contribution in [0.3, 0.4) is 0 Å². The lowest BCUT2D eigenvalue weighted by molar-refractivity contribution is -0.113. The quantitative estimate of drug-likeness (QED) is 0.627. The van der Waals surface area contributed by atoms with Crippen LogP contribution >= 0.6 is 27.7 Å². The maximum atomic E-state index is 13.3. The first kappa shape index (κ1) is 15.9. The van der Waals surface area contributed by atoms with Crippen LogP contribution in [0.15, 0.2) is 45.8 Å². The van der Waals surface area contributed by atoms with Crippen LogP contribution in [-0.2, 0) is 4.79 Å². The van der Waals surface area contributed by atoms with Crippen molar-refractivity contribution >= 4 is 45.0 Å². The highest BCUT2D eigenvalue weighted by Gasteiger charge is 2.07. The van der Waals surface area contributed by atoms with Crippen molar-refractivity contribution in [3.8, 4) is 0 Å². The number of anilines is 2. The van der Waals surface area contributed by atoms with Gasteiger partial charge in [-0.05, 0) is 58.7 Å². The van der Waals surface area contributed by atoms with Crippen molar-refractivity contribution < 1.29 is 9.18 Å². The minimum Gasteiger partial charge on any atom is -0.396 e. The minimum atomic E-state index is -0.471. The highest BCUT2D eigenvalue weighted by Crippen LogP contribution is 2.25. The van der Waals surface area contributed by atoms with Crippen molar-refractivity contribution in [1.29, 1.82) is 0 Å². The summed E-state index contributed by atoms with van der Waals surface area (Å²) < 4.78 is 14.1. The Morgan fingerprint density at radius 3 is 2.76 bits per heavy atom. The van der Waals surface area contributed by atoms with Gasteiger partial charge in [0.25, 0.3) is 0 Å². The second kappa shape index (κ2) is 6.95. The molecule has 21 heavy (non-hydrogen) atoms. The number of halogens is 2. The summed E-state index contributed by atoms with van der Waals surface area (Å²) in [5, 5.41) is 2.81. The summed E-state index contributed by atoms with van der Waals surface area (Å²) >= 11 is 4.66. The molecule has 0 saturated heterocycles. The third-order valence-corrected chi connectivity index (χ3v) is 4.39. The van der Waals surface area contributed by atoms with Gasteiger partial charge in [0.2, 0.25) is 5.91 Å². The topological polar surface area (TPSA) is 55.1 Å². The molecular weight excluding hydrogens is 355 g/mol. The van der Waals surface area contributed by atoms with Gasteiger partial charge >= 0.3 is 0 Å². The number of hydrogen-bond acceptors (Lipinski definition) is 3. The molecule has 3 N–H and O–H groups in total. The van der Waals surface area contributed by atoms with E-state index in [9.17, 15) is 9.18 Å². The van der Waals surface area contributed by atoms with Crippen molar-refractivity contribution in [2.24, 2.45) is 0 Å². The van der Waals surface area contributed by atoms with Gasteiger partial charge in [0.05, 0.1) is 17.1 Å². The second-order valence-electron chi connectivity index (χ2n) is 4.50. The maximum Gasteiger partial charge on any atom is 0.234 e. The molecule has 2 rings (SSSR count). The molecule has 2 aromatic rings. The Labute approximate surface area is 135 Å². The lowest BCUT2D eigenvalue weighted by Gasteiger charge is -2.08. The predicted octanol–water partition coefficient (Wildman–Crippen LogP) is 4.21. The van der Waals surface area contributed by atoms with Gasteiger partial charge in [-0.25, -0.2) is 4.39 Å². The number of hydrogen-bond donors (Lipinski definition) is 2. The number of carbonyl (C=O) groups is 1. The molecule has 0 bridgehead atoms. The van der Waals surface area contributed by atoms with Gasteiger partial charge in [0, 0.05) is 9.37 Å². The molecule has 1 amide bonds. The fourth-order valence-electron chi connectivity index (χ4n) is 1.65. The molecular formula is C15H14BrFN2OS. The molecule has 0 radical (unpaired) electrons. The Morgan fingerprint density at radius 2 is 2.10 bits per heavy atom. The zero-order valence-electron chi connectivity index (χ0n) is 11.3. The standard InChI is InChI=1S/C15H14BrFN2OS/c1-9-2-5-14(11(16)6-9)19-15(20)8-21-10-3-4-13(18)12(17)7-10/h2-7H,8,18H2,1H3,(H,19,20). The summed E-state index contributed by atoms with van der Waals surface area (Å²) in [6, 6.07) is 10.2. The van der Waals surface area contributed by atoms with E-state index < -0.39 is 5.82 Å². The van der Waals surface area contributed by atoms with E-state index >= 15 is 0 Å². The summed E-state index contributed by atoms with van der Waals surface area (Å²) in [7, 11) is 0. The van der Waals surface area contributed by atoms with Crippen LogP contribution in [-0.4, -0.2) is 11.7 Å². The lowest BCUT2D eigenvalue weighted by atomic mass is 10.2. The van der Waals surface area contributed by atoms with Gasteiger partial charge in [-0.2, -0.15) is 0 Å². The monoisotopic (exact) mass is 368 g/mol. The van der Waals surface area contributed by atoms with Crippen molar-refractivity contribution in [2.45, 2.75) is 11.8 Å². The first-order valence-electron chi connectivity index (χ1n) is 6.19. The molecule has 0 spiro atoms. The largest absolute Gasteiger partial charge is 0.396 e. The van der Waals surface area contributed by atoms with Crippen molar-refractivity contribution in [2.75, 3.05) is 16.8 Å². The predicted molar refractivity (Wildman–Crippen MR) is 89.0 cm³/mol. The molecule has 2 aromatic carbocycles. The molecule has 0 fully saturated rings. The Morgan fingerprint density at radius 1 is 1.33 bits per heavy atom. The number of thioether (sulfide) groups is 1. The second-order valence-corrected chi connectivity index (χ2v) is 6.41. The van der Waals surface area contributed by atoms with E-state index in [1.807, 2.05) is 25.1 Å². The Balaban J connectivity index is 1.94. The van der Waals surface area contributed by atoms with E-state index in [1.165, 1.54) is 23.9 Å². The number of carbonyl (C=O) groups excluding carboxylic acids is 1. The average molecular weight is 369 g/mol. The Bertz CT molecular complexity index is 679. The minimum absolute atomic E-state index is 0.104. The molecule has 0 saturated carbocycles. The van der Waals surface area contributed by atoms with Crippen molar-refractivity contribution in [1.82, 2.24) is 0 Å². The highest BCUT2D eigenvalue weighted by atomic mass is 79.9. The molecule has 0 heterocycles. The third-order valence-electron chi connectivity index (χ3n) is 2.74. The SMILES string of the molecule is Cc1ccc(NC(=O)CSc2ccc(N)c(F)c2)c(Br)c1. The molecule has 110 valence electrons. The van der Waals surface area contributed by atoms with Gasteiger partial charge in [0.1, 0.15) is 5.82 Å². The number of nitrogens with two attached hydrogens (primary N) is 1. The van der Waals surface area contributed by atoms with Crippen LogP contribution in [0.1, 0.15) is 5.56 Å². The van der Waals surface area contributed by atoms with E-state index in [-0.39, 0.29) is 17.3 Å². The first-order valence-corrected chi connectivity index (χ1v) is 7.97. The lowest BCUT2D eigenvalue weighted by Crippen LogP contribution is -2.14. The number of rotatable bonds is 4. The first-order chi connectivity index (χ1) is 9.95. The number of amides is 1. The molecule has 3 nitrogen and oxygen atoms in total. The maximum absolute atomic E-state index is 13.3. The molecule has 0 unspecified atom stereocenters. The summed E-state index contributed by atoms with van der Waals surface area (Å²) in [5.74, 6) is -0.424. The van der Waals surface area contributed by atoms with Gasteiger partial charge in [0.15, 0.2) is 0 Å². The van der Waals surface area contributed by atoms with Crippen molar-refractivity contribution in [3.63, 3.8) is 0 Å². The van der Waals surface area contributed by atoms with E-state index in [0.29, 0.717) is 4.90 Å². The Hall–Kier alpha value is -1.53. The van der Waals surface area contributed by atoms with Gasteiger partial charge in [-0.15, -0.1) is 11.8 Å². The number of benzene rings is 2. The summed E-state index contributed by atoms with van der Waals surface area (Å²) in [4.78, 5) is 12.6. The molecule has 6 heteroatoms. The number of nitrogen functional groups attached to an aromatic ring is 1. The van der Waals surface area contributed by atoms with Gasteiger partial charge in [-0.3, -0.25) is 4.79 Å². The zero-order chi connectivity index (χ0) is 15.4. The third kappa shape index (κ3) is 4.47. The fourth-order valence-corrected chi connectivity index (χ4v) is 2.97. The van der Waals surface area contributed by atoms with Crippen molar-refractivity contribution in [3.05, 3.63) is 52.3 Å². The van der Waals surface area contributed by atoms with Crippen LogP contribution < -0.4 is 11.1 Å². The molecule has 0 aromatic heterocycles. The molecule has 0 atom stereocenters. The average Bonchev–Trinajstić information content (AvgIpc) is 2.43. The Kier molecular flexibility index (Phi) is 5.25. The normalized spacial score (nSPS) is 10.4. The molecule has 0 aliphatic carbocycles. The van der Waals surface area contributed by atoms with Gasteiger partial charge < -0.3 is 11.1 Å². The van der Waals surface area contributed by atoms with E-state index in [2.05, 4.69) is 21.2 Å². The zero-order valence-corrected chi connectivity index (χ0v) is 13.7. The molecule has 0 aliphatic rings. The van der Waals surface area contributed by atoms with Crippen LogP contribution in [0.5, 0.6) is 0 Å². The number of aryl methyl sites for hydroxylation is 1. The fraction of sp³-hybridized carbons (Fsp3) is 0.133. The van der Waals surface area contributed by atoms with Crippen LogP contribution in [0, 0.1) is 12.7 Å². The summed E-state index contributed by atoms with van der Waals surface area (Å²) in [6.07, 6.45) is 0. The molecule has 0 aliphatic heterocycles. The number of nitrogens with one attached hydrogen (secondary N) is 1. The van der Waals surface area contributed by atoms with Crippen LogP contribution in [0.2, 0.25) is 0 Å². The van der Waals surface area contributed by atoms with E-state index in [1.54, 1.807) is 6.07 Å². The van der Waals surface area contributed by atoms with E-state index in [4.69, 9.17) is 5.73 Å². The summed E-state index contributed by atoms with van der Waals surface area (Å²) in [6.45, 7) is 1.97.